The minimum Gasteiger partial charge on any atom is -0.444 e. The minimum atomic E-state index is -0.753. The summed E-state index contributed by atoms with van der Waals surface area (Å²) in [5.74, 6) is 0. The van der Waals surface area contributed by atoms with Crippen molar-refractivity contribution in [3.05, 3.63) is 108 Å². The van der Waals surface area contributed by atoms with Crippen LogP contribution < -0.4 is 0 Å². The summed E-state index contributed by atoms with van der Waals surface area (Å²) in [5, 5.41) is 0. The second-order valence-corrected chi connectivity index (χ2v) is 12.2. The van der Waals surface area contributed by atoms with E-state index in [0.29, 0.717) is 92.4 Å². The molecule has 1 amide bonds. The first-order valence-corrected chi connectivity index (χ1v) is 17.0. The van der Waals surface area contributed by atoms with Crippen LogP contribution in [0.4, 0.5) is 4.79 Å². The molecule has 3 rings (SSSR count). The van der Waals surface area contributed by atoms with E-state index in [1.165, 1.54) is 4.90 Å². The Bertz CT molecular complexity index is 1160. The van der Waals surface area contributed by atoms with E-state index < -0.39 is 11.2 Å². The number of hydrogen-bond donors (Lipinski definition) is 0. The van der Waals surface area contributed by atoms with Gasteiger partial charge in [-0.3, -0.25) is 0 Å². The summed E-state index contributed by atoms with van der Waals surface area (Å²) >= 11 is 0. The van der Waals surface area contributed by atoms with E-state index in [1.54, 1.807) is 7.05 Å². The van der Waals surface area contributed by atoms with Gasteiger partial charge in [0.2, 0.25) is 0 Å². The van der Waals surface area contributed by atoms with E-state index in [2.05, 4.69) is 36.4 Å². The largest absolute Gasteiger partial charge is 0.444 e. The summed E-state index contributed by atoms with van der Waals surface area (Å²) in [6.07, 6.45) is -0.363. The van der Waals surface area contributed by atoms with Crippen molar-refractivity contribution < 1.29 is 42.7 Å². The Morgan fingerprint density at radius 1 is 0.490 bits per heavy atom. The van der Waals surface area contributed by atoms with Crippen LogP contribution in [0.1, 0.15) is 37.5 Å². The zero-order valence-electron chi connectivity index (χ0n) is 29.7. The van der Waals surface area contributed by atoms with Crippen molar-refractivity contribution in [2.75, 3.05) is 99.5 Å². The number of likely N-dealkylation sites (N-methyl/N-ethyl adjacent to an activating group) is 1. The maximum absolute atomic E-state index is 11.9. The van der Waals surface area contributed by atoms with E-state index in [1.807, 2.05) is 75.4 Å². The van der Waals surface area contributed by atoms with Crippen LogP contribution in [-0.2, 0) is 43.5 Å². The molecule has 0 unspecified atom stereocenters. The molecule has 0 radical (unpaired) electrons. The van der Waals surface area contributed by atoms with Gasteiger partial charge in [-0.1, -0.05) is 91.0 Å². The predicted molar refractivity (Wildman–Crippen MR) is 189 cm³/mol. The Kier molecular flexibility index (Phi) is 18.9. The first kappa shape index (κ1) is 40.1. The van der Waals surface area contributed by atoms with Crippen molar-refractivity contribution >= 4 is 6.09 Å². The lowest BCUT2D eigenvalue weighted by Crippen LogP contribution is -2.36. The first-order valence-electron chi connectivity index (χ1n) is 17.0. The predicted octanol–water partition coefficient (Wildman–Crippen LogP) is 5.96. The lowest BCUT2D eigenvalue weighted by molar-refractivity contribution is -0.0395. The van der Waals surface area contributed by atoms with Crippen LogP contribution in [-0.4, -0.2) is 116 Å². The fourth-order valence-electron chi connectivity index (χ4n) is 4.86. The van der Waals surface area contributed by atoms with Crippen molar-refractivity contribution in [2.24, 2.45) is 0 Å². The standard InChI is InChI=1S/C39H55NO9/c1-38(2,3)49-37(41)40(4)20-21-42-22-23-43-24-25-44-26-27-45-28-29-46-30-31-47-32-33-48-39(34-14-8-5-9-15-34,35-16-10-6-11-17-35)36-18-12-7-13-19-36/h5-19H,20-33H2,1-4H3. The molecule has 0 saturated heterocycles. The summed E-state index contributed by atoms with van der Waals surface area (Å²) in [6.45, 7) is 12.0. The quantitative estimate of drug-likeness (QED) is 0.0793. The van der Waals surface area contributed by atoms with Crippen LogP contribution in [0.15, 0.2) is 91.0 Å². The van der Waals surface area contributed by atoms with Crippen molar-refractivity contribution in [3.63, 3.8) is 0 Å². The minimum absolute atomic E-state index is 0.363. The fourth-order valence-corrected chi connectivity index (χ4v) is 4.86. The molecule has 0 N–H and O–H groups in total. The lowest BCUT2D eigenvalue weighted by Gasteiger charge is -2.36. The molecule has 0 bridgehead atoms. The topological polar surface area (TPSA) is 94.2 Å². The van der Waals surface area contributed by atoms with Gasteiger partial charge in [-0.05, 0) is 37.5 Å². The third-order valence-electron chi connectivity index (χ3n) is 7.22. The Morgan fingerprint density at radius 2 is 0.796 bits per heavy atom. The molecule has 49 heavy (non-hydrogen) atoms. The van der Waals surface area contributed by atoms with Gasteiger partial charge in [0.25, 0.3) is 0 Å². The van der Waals surface area contributed by atoms with Crippen LogP contribution in [0.25, 0.3) is 0 Å². The maximum Gasteiger partial charge on any atom is 0.410 e. The Balaban J connectivity index is 1.17. The van der Waals surface area contributed by atoms with Crippen molar-refractivity contribution in [2.45, 2.75) is 32.0 Å². The lowest BCUT2D eigenvalue weighted by atomic mass is 9.80. The van der Waals surface area contributed by atoms with Gasteiger partial charge < -0.3 is 42.8 Å². The van der Waals surface area contributed by atoms with Crippen LogP contribution in [0.3, 0.4) is 0 Å². The van der Waals surface area contributed by atoms with Crippen molar-refractivity contribution in [1.82, 2.24) is 4.90 Å². The average molecular weight is 682 g/mol. The molecular weight excluding hydrogens is 626 g/mol. The molecule has 10 heteroatoms. The van der Waals surface area contributed by atoms with Gasteiger partial charge in [0.15, 0.2) is 0 Å². The van der Waals surface area contributed by atoms with E-state index in [0.717, 1.165) is 16.7 Å². The van der Waals surface area contributed by atoms with Gasteiger partial charge in [-0.25, -0.2) is 4.79 Å². The second-order valence-electron chi connectivity index (χ2n) is 12.2. The Labute approximate surface area is 292 Å². The van der Waals surface area contributed by atoms with Crippen molar-refractivity contribution in [3.8, 4) is 0 Å². The molecule has 0 aliphatic heterocycles. The number of carbonyl (C=O) groups is 1. The molecule has 3 aromatic rings. The number of carbonyl (C=O) groups excluding carboxylic acids is 1. The third-order valence-corrected chi connectivity index (χ3v) is 7.22. The second kappa shape index (κ2) is 23.1. The average Bonchev–Trinajstić information content (AvgIpc) is 3.11. The highest BCUT2D eigenvalue weighted by molar-refractivity contribution is 5.67. The molecule has 0 saturated carbocycles. The molecule has 0 heterocycles. The van der Waals surface area contributed by atoms with Crippen LogP contribution in [0.5, 0.6) is 0 Å². The molecule has 0 atom stereocenters. The van der Waals surface area contributed by atoms with Gasteiger partial charge in [-0.2, -0.15) is 0 Å². The highest BCUT2D eigenvalue weighted by Crippen LogP contribution is 2.40. The number of amides is 1. The first-order chi connectivity index (χ1) is 23.8. The summed E-state index contributed by atoms with van der Waals surface area (Å²) in [7, 11) is 1.69. The maximum atomic E-state index is 11.9. The molecule has 0 aromatic heterocycles. The zero-order valence-corrected chi connectivity index (χ0v) is 29.7. The van der Waals surface area contributed by atoms with Gasteiger partial charge in [-0.15, -0.1) is 0 Å². The summed E-state index contributed by atoms with van der Waals surface area (Å²) < 4.78 is 45.6. The molecule has 3 aromatic carbocycles. The van der Waals surface area contributed by atoms with Gasteiger partial charge in [0.05, 0.1) is 85.9 Å². The smallest absolute Gasteiger partial charge is 0.410 e. The number of nitrogens with zero attached hydrogens (tertiary/aromatic N) is 1. The number of benzene rings is 3. The van der Waals surface area contributed by atoms with Gasteiger partial charge in [0.1, 0.15) is 11.2 Å². The van der Waals surface area contributed by atoms with Crippen molar-refractivity contribution in [1.29, 1.82) is 0 Å². The molecule has 270 valence electrons. The molecule has 0 fully saturated rings. The number of hydrogen-bond acceptors (Lipinski definition) is 9. The molecule has 10 nitrogen and oxygen atoms in total. The zero-order chi connectivity index (χ0) is 35.0. The summed E-state index contributed by atoms with van der Waals surface area (Å²) in [6, 6.07) is 30.9. The van der Waals surface area contributed by atoms with Crippen LogP contribution in [0.2, 0.25) is 0 Å². The number of rotatable bonds is 25. The highest BCUT2D eigenvalue weighted by atomic mass is 16.6. The SMILES string of the molecule is CN(CCOCCOCCOCCOCCOCCOCCOC(c1ccccc1)(c1ccccc1)c1ccccc1)C(=O)OC(C)(C)C. The molecule has 0 spiro atoms. The molecule has 0 aliphatic carbocycles. The third kappa shape index (κ3) is 15.4. The van der Waals surface area contributed by atoms with E-state index in [9.17, 15) is 4.79 Å². The summed E-state index contributed by atoms with van der Waals surface area (Å²) in [4.78, 5) is 13.4. The van der Waals surface area contributed by atoms with E-state index >= 15 is 0 Å². The molecular formula is C39H55NO9. The van der Waals surface area contributed by atoms with Gasteiger partial charge >= 0.3 is 6.09 Å². The fraction of sp³-hybridized carbons (Fsp3) is 0.513. The van der Waals surface area contributed by atoms with E-state index in [4.69, 9.17) is 37.9 Å². The monoisotopic (exact) mass is 681 g/mol. The number of ether oxygens (including phenoxy) is 8. The van der Waals surface area contributed by atoms with Crippen LogP contribution >= 0.6 is 0 Å². The van der Waals surface area contributed by atoms with Gasteiger partial charge in [0, 0.05) is 13.6 Å². The Morgan fingerprint density at radius 3 is 1.12 bits per heavy atom. The Hall–Kier alpha value is -3.35. The summed E-state index contributed by atoms with van der Waals surface area (Å²) in [5.41, 5.74) is 1.93. The normalized spacial score (nSPS) is 11.8. The highest BCUT2D eigenvalue weighted by Gasteiger charge is 2.37. The molecule has 0 aliphatic rings. The van der Waals surface area contributed by atoms with E-state index in [-0.39, 0.29) is 6.09 Å². The van der Waals surface area contributed by atoms with Crippen LogP contribution in [0, 0.1) is 0 Å².